The molecule has 0 aromatic heterocycles. The molecule has 0 unspecified atom stereocenters. The van der Waals surface area contributed by atoms with Crippen molar-refractivity contribution in [2.75, 3.05) is 52.6 Å². The second kappa shape index (κ2) is 12.0. The van der Waals surface area contributed by atoms with Gasteiger partial charge in [-0.1, -0.05) is 19.8 Å². The van der Waals surface area contributed by atoms with E-state index >= 15 is 0 Å². The highest BCUT2D eigenvalue weighted by atomic mass is 35.5. The molecule has 0 aromatic carbocycles. The van der Waals surface area contributed by atoms with Gasteiger partial charge in [0.05, 0.1) is 24.3 Å². The van der Waals surface area contributed by atoms with Crippen molar-refractivity contribution in [1.82, 2.24) is 19.0 Å². The van der Waals surface area contributed by atoms with Crippen LogP contribution in [0.1, 0.15) is 58.3 Å². The van der Waals surface area contributed by atoms with E-state index in [0.29, 0.717) is 25.8 Å². The van der Waals surface area contributed by atoms with Crippen molar-refractivity contribution in [2.45, 2.75) is 70.4 Å². The van der Waals surface area contributed by atoms with Crippen molar-refractivity contribution in [3.8, 4) is 0 Å². The van der Waals surface area contributed by atoms with E-state index < -0.39 is 15.9 Å². The summed E-state index contributed by atoms with van der Waals surface area (Å²) in [6.07, 6.45) is 7.75. The zero-order valence-corrected chi connectivity index (χ0v) is 21.5. The van der Waals surface area contributed by atoms with Crippen LogP contribution in [0.2, 0.25) is 0 Å². The van der Waals surface area contributed by atoms with Crippen molar-refractivity contribution in [3.05, 3.63) is 0 Å². The molecule has 3 rings (SSSR count). The number of likely N-dealkylation sites (N-methyl/N-ethyl adjacent to an activating group) is 1. The first-order valence-electron chi connectivity index (χ1n) is 12.0. The quantitative estimate of drug-likeness (QED) is 0.456. The van der Waals surface area contributed by atoms with Gasteiger partial charge < -0.3 is 14.7 Å². The Morgan fingerprint density at radius 3 is 2.50 bits per heavy atom. The third-order valence-electron chi connectivity index (χ3n) is 7.12. The minimum atomic E-state index is -3.61. The van der Waals surface area contributed by atoms with E-state index in [1.165, 1.54) is 13.0 Å². The topological polar surface area (TPSA) is 81.2 Å². The summed E-state index contributed by atoms with van der Waals surface area (Å²) in [7, 11) is -1.43. The SMILES string of the molecule is CCC[C@H]1C(=O)N(S(C)(=O)=O)[C@H]2CCN(C(=O)CCCCCN3CCCN(C)CC3)[C@H]12.Cl. The molecule has 3 heterocycles. The van der Waals surface area contributed by atoms with Crippen LogP contribution in [0.4, 0.5) is 0 Å². The van der Waals surface area contributed by atoms with Crippen LogP contribution < -0.4 is 0 Å². The van der Waals surface area contributed by atoms with Gasteiger partial charge in [0.15, 0.2) is 0 Å². The van der Waals surface area contributed by atoms with Crippen molar-refractivity contribution in [2.24, 2.45) is 5.92 Å². The number of hydrogen-bond acceptors (Lipinski definition) is 6. The highest BCUT2D eigenvalue weighted by molar-refractivity contribution is 7.88. The molecule has 32 heavy (non-hydrogen) atoms. The molecule has 3 fully saturated rings. The van der Waals surface area contributed by atoms with Crippen molar-refractivity contribution < 1.29 is 18.0 Å². The second-order valence-electron chi connectivity index (χ2n) is 9.54. The monoisotopic (exact) mass is 492 g/mol. The molecule has 0 saturated carbocycles. The summed E-state index contributed by atoms with van der Waals surface area (Å²) in [5.74, 6) is -0.634. The second-order valence-corrected chi connectivity index (χ2v) is 11.4. The number of carbonyl (C=O) groups excluding carboxylic acids is 2. The van der Waals surface area contributed by atoms with Gasteiger partial charge in [0.25, 0.3) is 0 Å². The molecule has 10 heteroatoms. The number of amides is 2. The molecule has 3 atom stereocenters. The molecule has 3 aliphatic heterocycles. The molecule has 0 radical (unpaired) electrons. The molecule has 0 N–H and O–H groups in total. The maximum absolute atomic E-state index is 13.0. The fourth-order valence-corrected chi connectivity index (χ4v) is 6.76. The molecule has 0 bridgehead atoms. The highest BCUT2D eigenvalue weighted by Gasteiger charge is 2.56. The van der Waals surface area contributed by atoms with E-state index in [1.807, 2.05) is 11.8 Å². The van der Waals surface area contributed by atoms with Crippen LogP contribution in [0.3, 0.4) is 0 Å². The lowest BCUT2D eigenvalue weighted by Crippen LogP contribution is -2.43. The number of hydrogen-bond donors (Lipinski definition) is 0. The summed E-state index contributed by atoms with van der Waals surface area (Å²) in [4.78, 5) is 32.5. The number of rotatable bonds is 9. The van der Waals surface area contributed by atoms with Crippen LogP contribution in [0, 0.1) is 5.92 Å². The number of nitrogens with zero attached hydrogens (tertiary/aromatic N) is 4. The fraction of sp³-hybridized carbons (Fsp3) is 0.909. The average molecular weight is 493 g/mol. The Labute approximate surface area is 200 Å². The molecule has 3 aliphatic rings. The van der Waals surface area contributed by atoms with Gasteiger partial charge in [0, 0.05) is 26.1 Å². The zero-order chi connectivity index (χ0) is 22.6. The molecule has 3 saturated heterocycles. The number of sulfonamides is 1. The van der Waals surface area contributed by atoms with Crippen molar-refractivity contribution in [1.29, 1.82) is 0 Å². The summed E-state index contributed by atoms with van der Waals surface area (Å²) in [5, 5.41) is 0. The number of halogens is 1. The highest BCUT2D eigenvalue weighted by Crippen LogP contribution is 2.40. The molecule has 0 aliphatic carbocycles. The molecule has 0 spiro atoms. The summed E-state index contributed by atoms with van der Waals surface area (Å²) < 4.78 is 25.5. The smallest absolute Gasteiger partial charge is 0.241 e. The minimum absolute atomic E-state index is 0. The molecule has 0 aromatic rings. The van der Waals surface area contributed by atoms with Gasteiger partial charge in [-0.25, -0.2) is 12.7 Å². The Hall–Kier alpha value is -0.900. The lowest BCUT2D eigenvalue weighted by Gasteiger charge is -2.27. The van der Waals surface area contributed by atoms with E-state index in [9.17, 15) is 18.0 Å². The first-order chi connectivity index (χ1) is 14.7. The standard InChI is InChI=1S/C22H40N4O4S.ClH/c1-4-9-18-21-19(26(22(18)28)31(3,29)30)11-15-25(21)20(27)10-6-5-7-13-24-14-8-12-23(2)16-17-24;/h18-19,21H,4-17H2,1-3H3;1H/t18-,19+,21-;/m1./s1. The Bertz CT molecular complexity index is 750. The van der Waals surface area contributed by atoms with Gasteiger partial charge in [0.1, 0.15) is 0 Å². The first kappa shape index (κ1) is 27.3. The maximum atomic E-state index is 13.0. The van der Waals surface area contributed by atoms with Crippen molar-refractivity contribution >= 4 is 34.2 Å². The summed E-state index contributed by atoms with van der Waals surface area (Å²) >= 11 is 0. The van der Waals surface area contributed by atoms with Crippen LogP contribution in [0.5, 0.6) is 0 Å². The van der Waals surface area contributed by atoms with Gasteiger partial charge in [0.2, 0.25) is 21.8 Å². The van der Waals surface area contributed by atoms with Gasteiger partial charge in [-0.2, -0.15) is 0 Å². The van der Waals surface area contributed by atoms with Gasteiger partial charge in [-0.05, 0) is 58.8 Å². The third-order valence-corrected chi connectivity index (χ3v) is 8.29. The Balaban J connectivity index is 0.00000363. The fourth-order valence-electron chi connectivity index (χ4n) is 5.57. The van der Waals surface area contributed by atoms with Gasteiger partial charge in [-0.3, -0.25) is 9.59 Å². The largest absolute Gasteiger partial charge is 0.337 e. The molecule has 186 valence electrons. The van der Waals surface area contributed by atoms with Gasteiger partial charge in [-0.15, -0.1) is 12.4 Å². The van der Waals surface area contributed by atoms with Crippen molar-refractivity contribution in [3.63, 3.8) is 0 Å². The summed E-state index contributed by atoms with van der Waals surface area (Å²) in [5.41, 5.74) is 0. The average Bonchev–Trinajstić information content (AvgIpc) is 3.14. The predicted octanol–water partition coefficient (Wildman–Crippen LogP) is 1.79. The number of likely N-dealkylation sites (tertiary alicyclic amines) is 1. The number of carbonyl (C=O) groups is 2. The Morgan fingerprint density at radius 1 is 1.06 bits per heavy atom. The Kier molecular flexibility index (Phi) is 10.2. The van der Waals surface area contributed by atoms with Crippen LogP contribution in [-0.4, -0.2) is 104 Å². The molecular weight excluding hydrogens is 452 g/mol. The zero-order valence-electron chi connectivity index (χ0n) is 19.9. The van der Waals surface area contributed by atoms with E-state index in [0.717, 1.165) is 62.4 Å². The maximum Gasteiger partial charge on any atom is 0.241 e. The van der Waals surface area contributed by atoms with E-state index in [1.54, 1.807) is 0 Å². The van der Waals surface area contributed by atoms with Gasteiger partial charge >= 0.3 is 0 Å². The van der Waals surface area contributed by atoms with E-state index in [-0.39, 0.29) is 36.3 Å². The van der Waals surface area contributed by atoms with E-state index in [4.69, 9.17) is 0 Å². The third kappa shape index (κ3) is 6.36. The summed E-state index contributed by atoms with van der Waals surface area (Å²) in [6.45, 7) is 8.20. The number of fused-ring (bicyclic) bond motifs is 1. The number of unbranched alkanes of at least 4 members (excludes halogenated alkanes) is 2. The lowest BCUT2D eigenvalue weighted by atomic mass is 9.94. The summed E-state index contributed by atoms with van der Waals surface area (Å²) in [6, 6.07) is -0.673. The Morgan fingerprint density at radius 2 is 1.81 bits per heavy atom. The van der Waals surface area contributed by atoms with Crippen LogP contribution in [0.15, 0.2) is 0 Å². The van der Waals surface area contributed by atoms with E-state index in [2.05, 4.69) is 16.8 Å². The van der Waals surface area contributed by atoms with Crippen LogP contribution in [0.25, 0.3) is 0 Å². The van der Waals surface area contributed by atoms with Crippen LogP contribution in [-0.2, 0) is 19.6 Å². The minimum Gasteiger partial charge on any atom is -0.337 e. The normalized spacial score (nSPS) is 27.3. The molecule has 2 amide bonds. The molecule has 8 nitrogen and oxygen atoms in total. The predicted molar refractivity (Wildman–Crippen MR) is 128 cm³/mol. The molecular formula is C22H41ClN4O4S. The first-order valence-corrected chi connectivity index (χ1v) is 13.8. The lowest BCUT2D eigenvalue weighted by molar-refractivity contribution is -0.134. The van der Waals surface area contributed by atoms with Crippen LogP contribution >= 0.6 is 12.4 Å².